The Morgan fingerprint density at radius 1 is 1.00 bits per heavy atom. The molecule has 10 nitrogen and oxygen atoms in total. The fraction of sp³-hybridized carbons (Fsp3) is 0.410. The minimum Gasteiger partial charge on any atom is -0.495 e. The van der Waals surface area contributed by atoms with Gasteiger partial charge in [-0.2, -0.15) is 4.98 Å². The number of ether oxygens (including phenoxy) is 3. The van der Waals surface area contributed by atoms with Crippen LogP contribution in [0.1, 0.15) is 50.3 Å². The highest BCUT2D eigenvalue weighted by Crippen LogP contribution is 2.36. The van der Waals surface area contributed by atoms with Crippen LogP contribution in [0.4, 0.5) is 32.3 Å². The number of nitrogens with zero attached hydrogens (tertiary/aromatic N) is 5. The van der Waals surface area contributed by atoms with Crippen molar-refractivity contribution in [2.24, 2.45) is 0 Å². The van der Waals surface area contributed by atoms with E-state index in [9.17, 15) is 4.79 Å². The predicted molar refractivity (Wildman–Crippen MR) is 196 cm³/mol. The van der Waals surface area contributed by atoms with Gasteiger partial charge in [-0.15, -0.1) is 0 Å². The van der Waals surface area contributed by atoms with E-state index < -0.39 is 11.9 Å². The number of carbonyl (C=O) groups excluding carboxylic acids is 1. The van der Waals surface area contributed by atoms with E-state index in [1.165, 1.54) is 17.2 Å². The van der Waals surface area contributed by atoms with E-state index in [0.29, 0.717) is 35.5 Å². The normalized spacial score (nSPS) is 13.7. The molecule has 1 saturated heterocycles. The zero-order chi connectivity index (χ0) is 35.6. The van der Waals surface area contributed by atoms with Gasteiger partial charge in [-0.25, -0.2) is 19.1 Å². The molecule has 1 N–H and O–H groups in total. The van der Waals surface area contributed by atoms with Crippen molar-refractivity contribution < 1.29 is 23.4 Å². The number of carbonyl (C=O) groups is 1. The summed E-state index contributed by atoms with van der Waals surface area (Å²) in [7, 11) is 1.57. The number of para-hydroxylation sites is 1. The van der Waals surface area contributed by atoms with Gasteiger partial charge in [0, 0.05) is 62.8 Å². The monoisotopic (exact) mass is 684 g/mol. The van der Waals surface area contributed by atoms with Crippen molar-refractivity contribution in [3.63, 3.8) is 0 Å². The number of hydrogen-bond donors (Lipinski definition) is 1. The summed E-state index contributed by atoms with van der Waals surface area (Å²) in [5.41, 5.74) is 3.63. The van der Waals surface area contributed by atoms with Gasteiger partial charge in [0.2, 0.25) is 5.95 Å². The van der Waals surface area contributed by atoms with Gasteiger partial charge in [0.1, 0.15) is 23.9 Å². The van der Waals surface area contributed by atoms with E-state index in [2.05, 4.69) is 45.9 Å². The molecule has 1 aliphatic rings. The van der Waals surface area contributed by atoms with Crippen LogP contribution in [0.5, 0.6) is 17.2 Å². The first-order valence-electron chi connectivity index (χ1n) is 17.4. The molecule has 0 unspecified atom stereocenters. The molecule has 1 amide bonds. The van der Waals surface area contributed by atoms with Gasteiger partial charge in [0.05, 0.1) is 12.8 Å². The van der Waals surface area contributed by atoms with E-state index in [1.54, 1.807) is 25.3 Å². The Bertz CT molecular complexity index is 1720. The van der Waals surface area contributed by atoms with E-state index in [4.69, 9.17) is 14.2 Å². The number of aromatic nitrogens is 2. The number of nitrogens with one attached hydrogen (secondary N) is 1. The maximum atomic E-state index is 15.1. The molecule has 0 saturated carbocycles. The quantitative estimate of drug-likeness (QED) is 0.142. The summed E-state index contributed by atoms with van der Waals surface area (Å²) >= 11 is 0. The third kappa shape index (κ3) is 9.28. The number of aryl methyl sites for hydroxylation is 3. The van der Waals surface area contributed by atoms with Crippen molar-refractivity contribution in [1.82, 2.24) is 19.8 Å². The molecular weight excluding hydrogens is 635 g/mol. The molecular formula is C39H49FN6O4. The Labute approximate surface area is 295 Å². The molecule has 0 radical (unpaired) electrons. The number of hydrogen-bond acceptors (Lipinski definition) is 9. The lowest BCUT2D eigenvalue weighted by Gasteiger charge is -2.36. The molecule has 11 heteroatoms. The molecule has 0 spiro atoms. The Balaban J connectivity index is 1.34. The van der Waals surface area contributed by atoms with Crippen LogP contribution in [0.3, 0.4) is 0 Å². The second-order valence-corrected chi connectivity index (χ2v) is 12.9. The molecule has 50 heavy (non-hydrogen) atoms. The number of piperazine rings is 1. The van der Waals surface area contributed by atoms with Gasteiger partial charge in [0.15, 0.2) is 11.6 Å². The summed E-state index contributed by atoms with van der Waals surface area (Å²) in [6, 6.07) is 18.2. The maximum Gasteiger partial charge on any atom is 0.425 e. The first-order chi connectivity index (χ1) is 24.2. The Morgan fingerprint density at radius 2 is 1.76 bits per heavy atom. The van der Waals surface area contributed by atoms with Crippen molar-refractivity contribution in [3.8, 4) is 17.2 Å². The third-order valence-electron chi connectivity index (χ3n) is 8.95. The largest absolute Gasteiger partial charge is 0.495 e. The molecule has 1 fully saturated rings. The molecule has 0 bridgehead atoms. The number of unbranched alkanes of at least 4 members (excludes halogenated alkanes) is 1. The Hall–Kier alpha value is -4.74. The zero-order valence-corrected chi connectivity index (χ0v) is 30.0. The lowest BCUT2D eigenvalue weighted by Crippen LogP contribution is -2.49. The van der Waals surface area contributed by atoms with Crippen molar-refractivity contribution in [1.29, 1.82) is 0 Å². The molecule has 0 atom stereocenters. The number of halogens is 1. The molecule has 2 heterocycles. The van der Waals surface area contributed by atoms with Gasteiger partial charge in [-0.1, -0.05) is 37.6 Å². The van der Waals surface area contributed by atoms with Crippen LogP contribution in [0, 0.1) is 19.7 Å². The maximum absolute atomic E-state index is 15.1. The van der Waals surface area contributed by atoms with Crippen molar-refractivity contribution in [3.05, 3.63) is 89.4 Å². The highest BCUT2D eigenvalue weighted by Gasteiger charge is 2.27. The molecule has 3 aromatic carbocycles. The minimum absolute atomic E-state index is 0.166. The molecule has 266 valence electrons. The molecule has 1 aliphatic heterocycles. The number of anilines is 4. The first kappa shape index (κ1) is 36.5. The third-order valence-corrected chi connectivity index (χ3v) is 8.95. The number of rotatable bonds is 14. The Kier molecular flexibility index (Phi) is 12.6. The van der Waals surface area contributed by atoms with Crippen LogP contribution in [0.15, 0.2) is 66.9 Å². The first-order valence-corrected chi connectivity index (χ1v) is 17.4. The smallest absolute Gasteiger partial charge is 0.425 e. The average molecular weight is 685 g/mol. The summed E-state index contributed by atoms with van der Waals surface area (Å²) in [4.78, 5) is 29.2. The molecule has 5 rings (SSSR count). The number of amides is 1. The minimum atomic E-state index is -0.666. The summed E-state index contributed by atoms with van der Waals surface area (Å²) < 4.78 is 32.7. The van der Waals surface area contributed by atoms with Crippen LogP contribution in [-0.2, 0) is 6.42 Å². The van der Waals surface area contributed by atoms with Gasteiger partial charge in [-0.05, 0) is 81.5 Å². The van der Waals surface area contributed by atoms with Gasteiger partial charge in [-0.3, -0.25) is 9.80 Å². The van der Waals surface area contributed by atoms with E-state index in [-0.39, 0.29) is 17.5 Å². The van der Waals surface area contributed by atoms with Crippen LogP contribution < -0.4 is 24.4 Å². The van der Waals surface area contributed by atoms with E-state index in [1.807, 2.05) is 50.2 Å². The van der Waals surface area contributed by atoms with Crippen molar-refractivity contribution in [2.45, 2.75) is 59.9 Å². The highest BCUT2D eigenvalue weighted by atomic mass is 19.1. The highest BCUT2D eigenvalue weighted by molar-refractivity contribution is 5.98. The standard InChI is InChI=1S/C39H49FN6O4/c1-7-8-12-30-13-15-33(35(25-30)48-6)46(39(47)50-37-28(4)10-9-11-29(37)5)36-17-18-41-38(43-36)42-31-14-16-34(32(40)26-31)49-24-23-44-19-21-45(22-20-44)27(2)3/h9-11,13-18,25-27H,7-8,12,19-24H2,1-6H3,(H,41,42,43). The fourth-order valence-electron chi connectivity index (χ4n) is 6.00. The molecule has 0 aliphatic carbocycles. The van der Waals surface area contributed by atoms with Gasteiger partial charge < -0.3 is 19.5 Å². The van der Waals surface area contributed by atoms with Gasteiger partial charge in [0.25, 0.3) is 0 Å². The summed E-state index contributed by atoms with van der Waals surface area (Å²) in [5, 5.41) is 3.07. The number of benzene rings is 3. The second kappa shape index (κ2) is 17.3. The van der Waals surface area contributed by atoms with Crippen LogP contribution in [-0.4, -0.2) is 78.3 Å². The Morgan fingerprint density at radius 3 is 2.44 bits per heavy atom. The lowest BCUT2D eigenvalue weighted by atomic mass is 10.1. The lowest BCUT2D eigenvalue weighted by molar-refractivity contribution is 0.0965. The van der Waals surface area contributed by atoms with Crippen molar-refractivity contribution in [2.75, 3.05) is 56.7 Å². The van der Waals surface area contributed by atoms with E-state index >= 15 is 4.39 Å². The zero-order valence-electron chi connectivity index (χ0n) is 30.0. The summed E-state index contributed by atoms with van der Waals surface area (Å²) in [5.74, 6) is 1.07. The van der Waals surface area contributed by atoms with Crippen molar-refractivity contribution >= 4 is 29.2 Å². The fourth-order valence-corrected chi connectivity index (χ4v) is 6.00. The SMILES string of the molecule is CCCCc1ccc(N(C(=O)Oc2c(C)cccc2C)c2ccnc(Nc3ccc(OCCN4CCN(C(C)C)CC4)c(F)c3)n2)c(OC)c1. The average Bonchev–Trinajstić information content (AvgIpc) is 3.11. The predicted octanol–water partition coefficient (Wildman–Crippen LogP) is 8.07. The van der Waals surface area contributed by atoms with Crippen LogP contribution in [0.2, 0.25) is 0 Å². The summed E-state index contributed by atoms with van der Waals surface area (Å²) in [6.07, 6.45) is 3.84. The van der Waals surface area contributed by atoms with Crippen LogP contribution >= 0.6 is 0 Å². The van der Waals surface area contributed by atoms with Crippen LogP contribution in [0.25, 0.3) is 0 Å². The van der Waals surface area contributed by atoms with E-state index in [0.717, 1.165) is 68.7 Å². The van der Waals surface area contributed by atoms with Gasteiger partial charge >= 0.3 is 6.09 Å². The number of methoxy groups -OCH3 is 1. The topological polar surface area (TPSA) is 92.3 Å². The molecule has 1 aromatic heterocycles. The summed E-state index contributed by atoms with van der Waals surface area (Å²) in [6.45, 7) is 15.5. The second-order valence-electron chi connectivity index (χ2n) is 12.9. The molecule has 4 aromatic rings.